The lowest BCUT2D eigenvalue weighted by Gasteiger charge is -2.43. The van der Waals surface area contributed by atoms with Crippen molar-refractivity contribution in [2.75, 3.05) is 32.7 Å². The van der Waals surface area contributed by atoms with Crippen LogP contribution in [0.25, 0.3) is 0 Å². The van der Waals surface area contributed by atoms with Gasteiger partial charge in [0.1, 0.15) is 0 Å². The van der Waals surface area contributed by atoms with Gasteiger partial charge in [-0.2, -0.15) is 0 Å². The molecule has 0 saturated carbocycles. The summed E-state index contributed by atoms with van der Waals surface area (Å²) in [7, 11) is 0. The molecule has 3 rings (SSSR count). The van der Waals surface area contributed by atoms with E-state index in [1.165, 1.54) is 10.6 Å². The average Bonchev–Trinajstić information content (AvgIpc) is 2.79. The highest BCUT2D eigenvalue weighted by Crippen LogP contribution is 2.24. The van der Waals surface area contributed by atoms with E-state index < -0.39 is 5.92 Å². The van der Waals surface area contributed by atoms with Crippen LogP contribution in [-0.4, -0.2) is 76.3 Å². The van der Waals surface area contributed by atoms with Gasteiger partial charge in [0.15, 0.2) is 0 Å². The fourth-order valence-electron chi connectivity index (χ4n) is 4.29. The van der Waals surface area contributed by atoms with Crippen molar-refractivity contribution in [3.8, 4) is 0 Å². The van der Waals surface area contributed by atoms with E-state index in [-0.39, 0.29) is 24.9 Å². The third-order valence-corrected chi connectivity index (χ3v) is 6.01. The molecule has 1 aromatic rings. The molecule has 1 unspecified atom stereocenters. The van der Waals surface area contributed by atoms with Gasteiger partial charge in [-0.15, -0.1) is 0 Å². The van der Waals surface area contributed by atoms with E-state index in [1.807, 2.05) is 11.0 Å². The Bertz CT molecular complexity index is 721. The van der Waals surface area contributed by atoms with Crippen molar-refractivity contribution in [3.63, 3.8) is 0 Å². The van der Waals surface area contributed by atoms with Crippen molar-refractivity contribution >= 4 is 18.3 Å². The minimum Gasteiger partial charge on any atom is -0.323 e. The lowest BCUT2D eigenvalue weighted by molar-refractivity contribution is -0.163. The Morgan fingerprint density at radius 2 is 1.73 bits per heavy atom. The van der Waals surface area contributed by atoms with Gasteiger partial charge < -0.3 is 4.90 Å². The first-order valence-corrected chi connectivity index (χ1v) is 10.8. The Morgan fingerprint density at radius 1 is 1.10 bits per heavy atom. The Labute approximate surface area is 178 Å². The van der Waals surface area contributed by atoms with E-state index in [4.69, 9.17) is 0 Å². The molecule has 2 saturated heterocycles. The molecule has 1 aromatic carbocycles. The van der Waals surface area contributed by atoms with Crippen molar-refractivity contribution in [3.05, 3.63) is 35.9 Å². The molecule has 0 spiro atoms. The molecule has 1 N–H and O–H groups in total. The lowest BCUT2D eigenvalue weighted by Crippen LogP contribution is -2.59. The number of hydroxylamine groups is 2. The molecule has 164 valence electrons. The number of hydrazine groups is 1. The number of nitrogens with zero attached hydrogens (tertiary/aromatic N) is 4. The molecule has 0 radical (unpaired) electrons. The second-order valence-corrected chi connectivity index (χ2v) is 8.32. The van der Waals surface area contributed by atoms with Gasteiger partial charge >= 0.3 is 6.03 Å². The maximum absolute atomic E-state index is 13.2. The quantitative estimate of drug-likeness (QED) is 0.438. The number of amides is 4. The van der Waals surface area contributed by atoms with Crippen molar-refractivity contribution in [1.29, 1.82) is 0 Å². The van der Waals surface area contributed by atoms with Crippen LogP contribution in [0.1, 0.15) is 38.2 Å². The maximum atomic E-state index is 13.2. The van der Waals surface area contributed by atoms with E-state index in [1.54, 1.807) is 11.9 Å². The van der Waals surface area contributed by atoms with Gasteiger partial charge in [-0.1, -0.05) is 37.3 Å². The molecule has 1 atom stereocenters. The van der Waals surface area contributed by atoms with Crippen LogP contribution in [0.3, 0.4) is 0 Å². The fourth-order valence-corrected chi connectivity index (χ4v) is 4.29. The van der Waals surface area contributed by atoms with Crippen LogP contribution in [0, 0.1) is 11.8 Å². The number of carbonyl (C=O) groups excluding carboxylic acids is 3. The number of rotatable bonds is 6. The number of hydrogen-bond acceptors (Lipinski definition) is 4. The zero-order chi connectivity index (χ0) is 21.5. The highest BCUT2D eigenvalue weighted by atomic mass is 16.5. The van der Waals surface area contributed by atoms with Gasteiger partial charge in [-0.3, -0.25) is 14.8 Å². The molecular weight excluding hydrogens is 384 g/mol. The number of carbonyl (C=O) groups is 3. The molecule has 2 aliphatic rings. The molecule has 8 nitrogen and oxygen atoms in total. The van der Waals surface area contributed by atoms with Crippen LogP contribution in [0.15, 0.2) is 30.3 Å². The van der Waals surface area contributed by atoms with Crippen LogP contribution in [0.2, 0.25) is 0 Å². The third kappa shape index (κ3) is 5.50. The molecular formula is C22H32N4O4. The summed E-state index contributed by atoms with van der Waals surface area (Å²) in [5, 5.41) is 12.9. The number of hydrogen-bond donors (Lipinski definition) is 1. The van der Waals surface area contributed by atoms with Crippen LogP contribution in [-0.2, 0) is 16.0 Å². The van der Waals surface area contributed by atoms with E-state index >= 15 is 0 Å². The third-order valence-electron chi connectivity index (χ3n) is 6.01. The second kappa shape index (κ2) is 10.4. The summed E-state index contributed by atoms with van der Waals surface area (Å²) in [5.41, 5.74) is 1.33. The first kappa shape index (κ1) is 22.1. The van der Waals surface area contributed by atoms with Crippen LogP contribution in [0.5, 0.6) is 0 Å². The van der Waals surface area contributed by atoms with E-state index in [2.05, 4.69) is 24.3 Å². The Balaban J connectivity index is 1.56. The smallest absolute Gasteiger partial charge is 0.323 e. The van der Waals surface area contributed by atoms with Gasteiger partial charge in [0.25, 0.3) is 0 Å². The first-order valence-electron chi connectivity index (χ1n) is 10.8. The minimum absolute atomic E-state index is 0.0915. The SMILES string of the molecule is CC(CN(O)C=O)C(=O)N1CCCCN1C(=O)N1CCC(Cc2ccccc2)CC1. The summed E-state index contributed by atoms with van der Waals surface area (Å²) in [6, 6.07) is 10.3. The lowest BCUT2D eigenvalue weighted by atomic mass is 9.90. The standard InChI is InChI=1S/C22H32N4O4/c1-18(16-24(30)17-27)21(28)25-11-5-6-12-26(25)22(29)23-13-9-20(10-14-23)15-19-7-3-2-4-8-19/h2-4,7-8,17-18,20,30H,5-6,9-16H2,1H3. The highest BCUT2D eigenvalue weighted by molar-refractivity contribution is 5.83. The fraction of sp³-hybridized carbons (Fsp3) is 0.591. The van der Waals surface area contributed by atoms with E-state index in [0.717, 1.165) is 32.1 Å². The zero-order valence-electron chi connectivity index (χ0n) is 17.7. The highest BCUT2D eigenvalue weighted by Gasteiger charge is 2.35. The molecule has 0 aliphatic carbocycles. The number of urea groups is 1. The van der Waals surface area contributed by atoms with E-state index in [0.29, 0.717) is 37.2 Å². The Kier molecular flexibility index (Phi) is 7.68. The van der Waals surface area contributed by atoms with E-state index in [9.17, 15) is 19.6 Å². The largest absolute Gasteiger partial charge is 0.338 e. The summed E-state index contributed by atoms with van der Waals surface area (Å²) in [6.07, 6.45) is 4.91. The molecule has 8 heteroatoms. The molecule has 4 amide bonds. The van der Waals surface area contributed by atoms with Crippen molar-refractivity contribution in [2.24, 2.45) is 11.8 Å². The van der Waals surface area contributed by atoms with Gasteiger partial charge in [0, 0.05) is 26.2 Å². The molecule has 2 fully saturated rings. The first-order chi connectivity index (χ1) is 14.5. The molecule has 2 aliphatic heterocycles. The van der Waals surface area contributed by atoms with Crippen LogP contribution < -0.4 is 0 Å². The molecule has 30 heavy (non-hydrogen) atoms. The number of benzene rings is 1. The van der Waals surface area contributed by atoms with Gasteiger partial charge in [0.2, 0.25) is 12.3 Å². The number of piperidine rings is 1. The Hall–Kier alpha value is -2.61. The molecule has 0 bridgehead atoms. The zero-order valence-corrected chi connectivity index (χ0v) is 17.7. The summed E-state index contributed by atoms with van der Waals surface area (Å²) in [4.78, 5) is 38.5. The van der Waals surface area contributed by atoms with Crippen molar-refractivity contribution in [2.45, 2.75) is 39.0 Å². The average molecular weight is 417 g/mol. The monoisotopic (exact) mass is 416 g/mol. The maximum Gasteiger partial charge on any atom is 0.338 e. The van der Waals surface area contributed by atoms with Gasteiger partial charge in [-0.05, 0) is 43.6 Å². The molecule has 0 aromatic heterocycles. The predicted octanol–water partition coefficient (Wildman–Crippen LogP) is 2.38. The Morgan fingerprint density at radius 3 is 2.37 bits per heavy atom. The minimum atomic E-state index is -0.592. The number of likely N-dealkylation sites (tertiary alicyclic amines) is 1. The summed E-state index contributed by atoms with van der Waals surface area (Å²) in [6.45, 7) is 3.94. The molecule has 2 heterocycles. The summed E-state index contributed by atoms with van der Waals surface area (Å²) < 4.78 is 0. The van der Waals surface area contributed by atoms with Crippen LogP contribution in [0.4, 0.5) is 4.79 Å². The van der Waals surface area contributed by atoms with Crippen LogP contribution >= 0.6 is 0 Å². The summed E-state index contributed by atoms with van der Waals surface area (Å²) >= 11 is 0. The van der Waals surface area contributed by atoms with Gasteiger partial charge in [0.05, 0.1) is 12.5 Å². The van der Waals surface area contributed by atoms with Crippen molar-refractivity contribution < 1.29 is 19.6 Å². The topological polar surface area (TPSA) is 84.4 Å². The predicted molar refractivity (Wildman–Crippen MR) is 111 cm³/mol. The second-order valence-electron chi connectivity index (χ2n) is 8.32. The van der Waals surface area contributed by atoms with Crippen molar-refractivity contribution in [1.82, 2.24) is 20.0 Å². The normalized spacial score (nSPS) is 18.8. The summed E-state index contributed by atoms with van der Waals surface area (Å²) in [5.74, 6) is -0.275. The van der Waals surface area contributed by atoms with Gasteiger partial charge in [-0.25, -0.2) is 19.9 Å².